The number of nitrogens with one attached hydrogen (secondary N) is 1. The number of thiazole rings is 1. The van der Waals surface area contributed by atoms with Crippen LogP contribution in [-0.2, 0) is 22.6 Å². The van der Waals surface area contributed by atoms with Crippen molar-refractivity contribution in [3.05, 3.63) is 40.9 Å². The zero-order valence-electron chi connectivity index (χ0n) is 14.2. The van der Waals surface area contributed by atoms with Gasteiger partial charge in [0.25, 0.3) is 0 Å². The fourth-order valence-electron chi connectivity index (χ4n) is 2.70. The zero-order chi connectivity index (χ0) is 17.6. The Balaban J connectivity index is 1.49. The summed E-state index contributed by atoms with van der Waals surface area (Å²) in [5, 5.41) is 4.87. The smallest absolute Gasteiger partial charge is 0.227 e. The quantitative estimate of drug-likeness (QED) is 0.755. The third-order valence-electron chi connectivity index (χ3n) is 3.95. The summed E-state index contributed by atoms with van der Waals surface area (Å²) >= 11 is 3.28. The number of carbonyl (C=O) groups is 2. The van der Waals surface area contributed by atoms with Crippen molar-refractivity contribution in [3.63, 3.8) is 0 Å². The van der Waals surface area contributed by atoms with Crippen LogP contribution < -0.4 is 10.2 Å². The monoisotopic (exact) mass is 375 g/mol. The highest BCUT2D eigenvalue weighted by Crippen LogP contribution is 2.23. The molecule has 1 aromatic heterocycles. The van der Waals surface area contributed by atoms with Gasteiger partial charge in [0, 0.05) is 30.6 Å². The Hall–Kier alpha value is -1.86. The minimum absolute atomic E-state index is 0.0304. The van der Waals surface area contributed by atoms with Crippen molar-refractivity contribution in [1.82, 2.24) is 10.3 Å². The lowest BCUT2D eigenvalue weighted by molar-refractivity contribution is -0.120. The van der Waals surface area contributed by atoms with Gasteiger partial charge in [-0.3, -0.25) is 9.59 Å². The lowest BCUT2D eigenvalue weighted by Crippen LogP contribution is -2.25. The summed E-state index contributed by atoms with van der Waals surface area (Å²) in [5.74, 6) is 1.14. The van der Waals surface area contributed by atoms with E-state index in [1.165, 1.54) is 0 Å². The molecule has 1 fully saturated rings. The Morgan fingerprint density at radius 1 is 1.36 bits per heavy atom. The van der Waals surface area contributed by atoms with E-state index in [4.69, 9.17) is 0 Å². The molecule has 7 heteroatoms. The second-order valence-electron chi connectivity index (χ2n) is 5.81. The lowest BCUT2D eigenvalue weighted by atomic mass is 10.2. The molecule has 0 unspecified atom stereocenters. The molecule has 1 N–H and O–H groups in total. The van der Waals surface area contributed by atoms with E-state index in [-0.39, 0.29) is 11.8 Å². The standard InChI is InChI=1S/C18H21N3O2S2/c1-2-24-18-20-14(12-25-18)10-16(22)19-11-13-5-7-15(8-6-13)21-9-3-4-17(21)23/h5-8,12H,2-4,9-11H2,1H3,(H,19,22). The van der Waals surface area contributed by atoms with Gasteiger partial charge in [-0.15, -0.1) is 11.3 Å². The highest BCUT2D eigenvalue weighted by Gasteiger charge is 2.21. The van der Waals surface area contributed by atoms with Crippen LogP contribution in [0.1, 0.15) is 31.0 Å². The van der Waals surface area contributed by atoms with Crippen LogP contribution in [0.25, 0.3) is 0 Å². The average molecular weight is 376 g/mol. The number of hydrogen-bond donors (Lipinski definition) is 1. The van der Waals surface area contributed by atoms with E-state index in [0.29, 0.717) is 19.4 Å². The van der Waals surface area contributed by atoms with Gasteiger partial charge < -0.3 is 10.2 Å². The summed E-state index contributed by atoms with van der Waals surface area (Å²) in [5.41, 5.74) is 2.77. The van der Waals surface area contributed by atoms with Crippen molar-refractivity contribution in [2.24, 2.45) is 0 Å². The van der Waals surface area contributed by atoms with Crippen molar-refractivity contribution in [2.75, 3.05) is 17.2 Å². The molecule has 2 amide bonds. The Morgan fingerprint density at radius 2 is 2.16 bits per heavy atom. The molecule has 2 aromatic rings. The van der Waals surface area contributed by atoms with Crippen molar-refractivity contribution in [3.8, 4) is 0 Å². The van der Waals surface area contributed by atoms with Gasteiger partial charge in [0.1, 0.15) is 4.34 Å². The van der Waals surface area contributed by atoms with Crippen LogP contribution in [-0.4, -0.2) is 29.1 Å². The van der Waals surface area contributed by atoms with E-state index < -0.39 is 0 Å². The highest BCUT2D eigenvalue weighted by molar-refractivity contribution is 8.00. The second-order valence-corrected chi connectivity index (χ2v) is 8.18. The maximum Gasteiger partial charge on any atom is 0.227 e. The summed E-state index contributed by atoms with van der Waals surface area (Å²) in [6.07, 6.45) is 1.86. The first-order chi connectivity index (χ1) is 12.2. The van der Waals surface area contributed by atoms with Crippen LogP contribution in [0.4, 0.5) is 5.69 Å². The van der Waals surface area contributed by atoms with E-state index in [2.05, 4.69) is 17.2 Å². The number of hydrogen-bond acceptors (Lipinski definition) is 5. The SMILES string of the molecule is CCSc1nc(CC(=O)NCc2ccc(N3CCCC3=O)cc2)cs1. The first kappa shape index (κ1) is 17.9. The molecule has 5 nitrogen and oxygen atoms in total. The number of nitrogens with zero attached hydrogens (tertiary/aromatic N) is 2. The molecule has 2 heterocycles. The third-order valence-corrected chi connectivity index (χ3v) is 5.90. The summed E-state index contributed by atoms with van der Waals surface area (Å²) in [4.78, 5) is 30.1. The van der Waals surface area contributed by atoms with E-state index in [1.54, 1.807) is 23.1 Å². The van der Waals surface area contributed by atoms with Crippen molar-refractivity contribution in [1.29, 1.82) is 0 Å². The molecular weight excluding hydrogens is 354 g/mol. The summed E-state index contributed by atoms with van der Waals surface area (Å²) in [6, 6.07) is 7.80. The molecule has 132 valence electrons. The fourth-order valence-corrected chi connectivity index (χ4v) is 4.44. The normalized spacial score (nSPS) is 14.1. The molecular formula is C18H21N3O2S2. The number of amides is 2. The predicted molar refractivity (Wildman–Crippen MR) is 102 cm³/mol. The second kappa shape index (κ2) is 8.49. The maximum absolute atomic E-state index is 12.1. The van der Waals surface area contributed by atoms with E-state index in [0.717, 1.165) is 40.0 Å². The summed E-state index contributed by atoms with van der Waals surface area (Å²) in [6.45, 7) is 3.36. The Kier molecular flexibility index (Phi) is 6.09. The van der Waals surface area contributed by atoms with Gasteiger partial charge in [0.15, 0.2) is 0 Å². The molecule has 3 rings (SSSR count). The van der Waals surface area contributed by atoms with Crippen LogP contribution >= 0.6 is 23.1 Å². The van der Waals surface area contributed by atoms with Gasteiger partial charge in [-0.2, -0.15) is 0 Å². The molecule has 0 saturated carbocycles. The van der Waals surface area contributed by atoms with Crippen LogP contribution in [0.15, 0.2) is 34.0 Å². The average Bonchev–Trinajstić information content (AvgIpc) is 3.23. The zero-order valence-corrected chi connectivity index (χ0v) is 15.8. The van der Waals surface area contributed by atoms with Gasteiger partial charge in [-0.05, 0) is 29.9 Å². The van der Waals surface area contributed by atoms with Gasteiger partial charge in [0.05, 0.1) is 12.1 Å². The van der Waals surface area contributed by atoms with Crippen LogP contribution in [0.5, 0.6) is 0 Å². The largest absolute Gasteiger partial charge is 0.352 e. The molecule has 0 aliphatic carbocycles. The molecule has 0 bridgehead atoms. The maximum atomic E-state index is 12.1. The van der Waals surface area contributed by atoms with Crippen LogP contribution in [0.3, 0.4) is 0 Å². The molecule has 0 atom stereocenters. The van der Waals surface area contributed by atoms with Crippen LogP contribution in [0, 0.1) is 0 Å². The molecule has 0 radical (unpaired) electrons. The van der Waals surface area contributed by atoms with Crippen molar-refractivity contribution >= 4 is 40.6 Å². The number of benzene rings is 1. The van der Waals surface area contributed by atoms with E-state index in [9.17, 15) is 9.59 Å². The van der Waals surface area contributed by atoms with Crippen molar-refractivity contribution < 1.29 is 9.59 Å². The number of rotatable bonds is 7. The minimum Gasteiger partial charge on any atom is -0.352 e. The molecule has 0 spiro atoms. The van der Waals surface area contributed by atoms with E-state index in [1.807, 2.05) is 34.5 Å². The van der Waals surface area contributed by atoms with Gasteiger partial charge in [-0.25, -0.2) is 4.98 Å². The number of thioether (sulfide) groups is 1. The first-order valence-corrected chi connectivity index (χ1v) is 10.3. The summed E-state index contributed by atoms with van der Waals surface area (Å²) in [7, 11) is 0. The van der Waals surface area contributed by atoms with Gasteiger partial charge >= 0.3 is 0 Å². The number of anilines is 1. The Morgan fingerprint density at radius 3 is 2.84 bits per heavy atom. The van der Waals surface area contributed by atoms with Gasteiger partial charge in [0.2, 0.25) is 11.8 Å². The lowest BCUT2D eigenvalue weighted by Gasteiger charge is -2.16. The Bertz CT molecular complexity index is 743. The molecule has 25 heavy (non-hydrogen) atoms. The number of carbonyl (C=O) groups excluding carboxylic acids is 2. The Labute approximate surface area is 155 Å². The predicted octanol–water partition coefficient (Wildman–Crippen LogP) is 3.24. The molecule has 1 saturated heterocycles. The molecule has 1 aromatic carbocycles. The van der Waals surface area contributed by atoms with Gasteiger partial charge in [-0.1, -0.05) is 30.8 Å². The molecule has 1 aliphatic heterocycles. The minimum atomic E-state index is -0.0304. The summed E-state index contributed by atoms with van der Waals surface area (Å²) < 4.78 is 1.01. The van der Waals surface area contributed by atoms with Crippen LogP contribution in [0.2, 0.25) is 0 Å². The highest BCUT2D eigenvalue weighted by atomic mass is 32.2. The molecule has 1 aliphatic rings. The topological polar surface area (TPSA) is 62.3 Å². The fraction of sp³-hybridized carbons (Fsp3) is 0.389. The van der Waals surface area contributed by atoms with Crippen molar-refractivity contribution in [2.45, 2.75) is 37.1 Å². The third kappa shape index (κ3) is 4.83. The number of aromatic nitrogens is 1. The first-order valence-electron chi connectivity index (χ1n) is 8.39. The van der Waals surface area contributed by atoms with E-state index >= 15 is 0 Å².